The first-order valence-corrected chi connectivity index (χ1v) is 5.67. The van der Waals surface area contributed by atoms with Crippen molar-refractivity contribution in [3.63, 3.8) is 0 Å². The Labute approximate surface area is 105 Å². The number of ether oxygens (including phenoxy) is 2. The number of allylic oxidation sites excluding steroid dienone is 1. The minimum atomic E-state index is -0.792. The summed E-state index contributed by atoms with van der Waals surface area (Å²) in [5.74, 6) is -3.00. The van der Waals surface area contributed by atoms with Crippen LogP contribution < -0.4 is 0 Å². The molecule has 0 bridgehead atoms. The fourth-order valence-corrected chi connectivity index (χ4v) is 2.37. The third kappa shape index (κ3) is 2.70. The number of aliphatic hydroxyl groups is 2. The van der Waals surface area contributed by atoms with Gasteiger partial charge in [-0.3, -0.25) is 9.59 Å². The zero-order chi connectivity index (χ0) is 13.7. The van der Waals surface area contributed by atoms with Crippen molar-refractivity contribution in [1.82, 2.24) is 0 Å². The van der Waals surface area contributed by atoms with E-state index in [9.17, 15) is 19.8 Å². The number of carbonyl (C=O) groups is 2. The van der Waals surface area contributed by atoms with Crippen molar-refractivity contribution in [2.45, 2.75) is 6.42 Å². The third-order valence-corrected chi connectivity index (χ3v) is 3.33. The Morgan fingerprint density at radius 2 is 2.06 bits per heavy atom. The zero-order valence-electron chi connectivity index (χ0n) is 10.5. The Morgan fingerprint density at radius 1 is 1.39 bits per heavy atom. The maximum Gasteiger partial charge on any atom is 0.313 e. The average Bonchev–Trinajstić information content (AvgIpc) is 2.82. The quantitative estimate of drug-likeness (QED) is 0.510. The molecule has 1 rings (SSSR count). The third-order valence-electron chi connectivity index (χ3n) is 3.33. The highest BCUT2D eigenvalue weighted by Crippen LogP contribution is 2.38. The molecule has 0 spiro atoms. The van der Waals surface area contributed by atoms with Gasteiger partial charge in [-0.05, 0) is 17.9 Å². The summed E-state index contributed by atoms with van der Waals surface area (Å²) in [6, 6.07) is 0. The summed E-state index contributed by atoms with van der Waals surface area (Å²) in [5.41, 5.74) is 0.522. The lowest BCUT2D eigenvalue weighted by Crippen LogP contribution is -2.35. The molecule has 0 unspecified atom stereocenters. The minimum Gasteiger partial charge on any atom is -0.469 e. The van der Waals surface area contributed by atoms with E-state index >= 15 is 0 Å². The second kappa shape index (κ2) is 6.51. The van der Waals surface area contributed by atoms with Gasteiger partial charge in [-0.2, -0.15) is 0 Å². The Balaban J connectivity index is 2.94. The van der Waals surface area contributed by atoms with E-state index in [4.69, 9.17) is 0 Å². The maximum absolute atomic E-state index is 11.7. The lowest BCUT2D eigenvalue weighted by atomic mass is 9.81. The largest absolute Gasteiger partial charge is 0.469 e. The summed E-state index contributed by atoms with van der Waals surface area (Å²) in [7, 11) is 2.48. The molecule has 0 fully saturated rings. The Bertz CT molecular complexity index is 348. The highest BCUT2D eigenvalue weighted by Gasteiger charge is 2.43. The van der Waals surface area contributed by atoms with E-state index < -0.39 is 36.3 Å². The maximum atomic E-state index is 11.7. The van der Waals surface area contributed by atoms with Crippen LogP contribution in [0.4, 0.5) is 0 Å². The van der Waals surface area contributed by atoms with Gasteiger partial charge in [-0.1, -0.05) is 6.08 Å². The van der Waals surface area contributed by atoms with Gasteiger partial charge in [-0.15, -0.1) is 0 Å². The van der Waals surface area contributed by atoms with Gasteiger partial charge < -0.3 is 19.7 Å². The fraction of sp³-hybridized carbons (Fsp3) is 0.667. The first-order chi connectivity index (χ1) is 8.60. The summed E-state index contributed by atoms with van der Waals surface area (Å²) in [4.78, 5) is 23.3. The summed E-state index contributed by atoms with van der Waals surface area (Å²) < 4.78 is 9.29. The number of methoxy groups -OCH3 is 2. The van der Waals surface area contributed by atoms with Crippen LogP contribution in [0.25, 0.3) is 0 Å². The van der Waals surface area contributed by atoms with Gasteiger partial charge in [0.25, 0.3) is 0 Å². The van der Waals surface area contributed by atoms with E-state index in [0.717, 1.165) is 0 Å². The molecule has 6 nitrogen and oxygen atoms in total. The van der Waals surface area contributed by atoms with Crippen molar-refractivity contribution in [1.29, 1.82) is 0 Å². The van der Waals surface area contributed by atoms with Crippen molar-refractivity contribution in [2.24, 2.45) is 17.8 Å². The van der Waals surface area contributed by atoms with Gasteiger partial charge in [-0.25, -0.2) is 0 Å². The average molecular weight is 258 g/mol. The van der Waals surface area contributed by atoms with Crippen LogP contribution in [0, 0.1) is 17.8 Å². The predicted octanol–water partition coefficient (Wildman–Crippen LogP) is -0.504. The van der Waals surface area contributed by atoms with Crippen LogP contribution in [0.1, 0.15) is 6.42 Å². The summed E-state index contributed by atoms with van der Waals surface area (Å²) >= 11 is 0. The van der Waals surface area contributed by atoms with Gasteiger partial charge in [0.1, 0.15) is 0 Å². The van der Waals surface area contributed by atoms with Gasteiger partial charge >= 0.3 is 11.9 Å². The summed E-state index contributed by atoms with van der Waals surface area (Å²) in [6.07, 6.45) is 2.13. The van der Waals surface area contributed by atoms with Gasteiger partial charge in [0.05, 0.1) is 39.3 Å². The molecular formula is C12H18O6. The number of esters is 2. The second-order valence-corrected chi connectivity index (χ2v) is 4.15. The predicted molar refractivity (Wildman–Crippen MR) is 61.4 cm³/mol. The lowest BCUT2D eigenvalue weighted by Gasteiger charge is -2.25. The molecule has 1 aliphatic rings. The number of carbonyl (C=O) groups excluding carboxylic acids is 2. The molecule has 6 heteroatoms. The Kier molecular flexibility index (Phi) is 5.30. The minimum absolute atomic E-state index is 0.268. The van der Waals surface area contributed by atoms with Crippen LogP contribution in [-0.4, -0.2) is 49.6 Å². The highest BCUT2D eigenvalue weighted by atomic mass is 16.5. The molecule has 0 heterocycles. The van der Waals surface area contributed by atoms with Gasteiger partial charge in [0, 0.05) is 0 Å². The molecule has 0 aromatic rings. The molecule has 0 saturated carbocycles. The summed E-state index contributed by atoms with van der Waals surface area (Å²) in [5, 5.41) is 18.5. The summed E-state index contributed by atoms with van der Waals surface area (Å²) in [6.45, 7) is -0.674. The van der Waals surface area contributed by atoms with E-state index in [1.54, 1.807) is 6.08 Å². The van der Waals surface area contributed by atoms with E-state index in [1.807, 2.05) is 0 Å². The molecule has 0 amide bonds. The van der Waals surface area contributed by atoms with Crippen molar-refractivity contribution in [3.8, 4) is 0 Å². The molecule has 0 aromatic carbocycles. The molecule has 1 aliphatic carbocycles. The fourth-order valence-electron chi connectivity index (χ4n) is 2.37. The van der Waals surface area contributed by atoms with Crippen molar-refractivity contribution in [2.75, 3.05) is 27.4 Å². The topological polar surface area (TPSA) is 93.1 Å². The van der Waals surface area contributed by atoms with E-state index in [0.29, 0.717) is 12.0 Å². The molecule has 0 saturated heterocycles. The van der Waals surface area contributed by atoms with Crippen LogP contribution in [0.15, 0.2) is 11.6 Å². The van der Waals surface area contributed by atoms with Crippen molar-refractivity contribution >= 4 is 11.9 Å². The first-order valence-electron chi connectivity index (χ1n) is 5.67. The SMILES string of the molecule is COC(=O)[C@@H]1C(CO)=CC[C@H]1[C@@H](CO)C(=O)OC. The van der Waals surface area contributed by atoms with Crippen molar-refractivity contribution < 1.29 is 29.3 Å². The molecule has 0 aromatic heterocycles. The molecule has 0 radical (unpaired) electrons. The standard InChI is InChI=1S/C12H18O6/c1-17-11(15)9(6-14)8-4-3-7(5-13)10(8)12(16)18-2/h3,8-10,13-14H,4-6H2,1-2H3/t8-,9+,10+/m0/s1. The van der Waals surface area contributed by atoms with Crippen LogP contribution >= 0.6 is 0 Å². The normalized spacial score (nSPS) is 24.3. The Morgan fingerprint density at radius 3 is 2.50 bits per heavy atom. The van der Waals surface area contributed by atoms with Crippen molar-refractivity contribution in [3.05, 3.63) is 11.6 Å². The van der Waals surface area contributed by atoms with Gasteiger partial charge in [0.15, 0.2) is 0 Å². The lowest BCUT2D eigenvalue weighted by molar-refractivity contribution is -0.153. The molecule has 2 N–H and O–H groups in total. The van der Waals surface area contributed by atoms with Crippen LogP contribution in [-0.2, 0) is 19.1 Å². The van der Waals surface area contributed by atoms with Crippen LogP contribution in [0.3, 0.4) is 0 Å². The highest BCUT2D eigenvalue weighted by molar-refractivity contribution is 5.80. The molecule has 0 aliphatic heterocycles. The van der Waals surface area contributed by atoms with Gasteiger partial charge in [0.2, 0.25) is 0 Å². The van der Waals surface area contributed by atoms with E-state index in [-0.39, 0.29) is 6.61 Å². The molecule has 102 valence electrons. The van der Waals surface area contributed by atoms with E-state index in [2.05, 4.69) is 9.47 Å². The number of rotatable bonds is 5. The number of aliphatic hydroxyl groups excluding tert-OH is 2. The van der Waals surface area contributed by atoms with Crippen LogP contribution in [0.5, 0.6) is 0 Å². The smallest absolute Gasteiger partial charge is 0.313 e. The molecule has 3 atom stereocenters. The van der Waals surface area contributed by atoms with Crippen LogP contribution in [0.2, 0.25) is 0 Å². The molecule has 18 heavy (non-hydrogen) atoms. The van der Waals surface area contributed by atoms with E-state index in [1.165, 1.54) is 14.2 Å². The monoisotopic (exact) mass is 258 g/mol. The first kappa shape index (κ1) is 14.7. The Hall–Kier alpha value is -1.40. The number of hydrogen-bond donors (Lipinski definition) is 2. The molecular weight excluding hydrogens is 240 g/mol. The zero-order valence-corrected chi connectivity index (χ0v) is 10.5. The second-order valence-electron chi connectivity index (χ2n) is 4.15. The number of hydrogen-bond acceptors (Lipinski definition) is 6.